The van der Waals surface area contributed by atoms with Gasteiger partial charge in [-0.1, -0.05) is 36.4 Å². The molecule has 2 aromatic carbocycles. The van der Waals surface area contributed by atoms with Gasteiger partial charge in [0.15, 0.2) is 5.76 Å². The molecule has 37 heavy (non-hydrogen) atoms. The van der Waals surface area contributed by atoms with Crippen LogP contribution in [0.25, 0.3) is 0 Å². The molecule has 0 saturated carbocycles. The fourth-order valence-electron chi connectivity index (χ4n) is 5.58. The Morgan fingerprint density at radius 3 is 2.35 bits per heavy atom. The van der Waals surface area contributed by atoms with Crippen molar-refractivity contribution in [3.63, 3.8) is 0 Å². The number of para-hydroxylation sites is 2. The van der Waals surface area contributed by atoms with Crippen LogP contribution in [0.15, 0.2) is 77.4 Å². The zero-order chi connectivity index (χ0) is 25.9. The summed E-state index contributed by atoms with van der Waals surface area (Å²) >= 11 is 0. The van der Waals surface area contributed by atoms with E-state index in [2.05, 4.69) is 4.90 Å². The lowest BCUT2D eigenvalue weighted by Gasteiger charge is -2.44. The molecule has 8 heteroatoms. The van der Waals surface area contributed by atoms with Crippen LogP contribution in [0, 0.1) is 5.92 Å². The first-order chi connectivity index (χ1) is 17.9. The van der Waals surface area contributed by atoms with Crippen molar-refractivity contribution >= 4 is 29.1 Å². The molecule has 8 nitrogen and oxygen atoms in total. The molecule has 3 aromatic rings. The molecule has 192 valence electrons. The van der Waals surface area contributed by atoms with Crippen LogP contribution < -0.4 is 15.5 Å². The summed E-state index contributed by atoms with van der Waals surface area (Å²) in [6, 6.07) is 20.4. The molecule has 2 N–H and O–H groups in total. The van der Waals surface area contributed by atoms with Crippen molar-refractivity contribution in [3.8, 4) is 0 Å². The molecule has 3 amide bonds. The van der Waals surface area contributed by atoms with Crippen molar-refractivity contribution < 1.29 is 18.8 Å². The highest BCUT2D eigenvalue weighted by molar-refractivity contribution is 6.06. The van der Waals surface area contributed by atoms with Gasteiger partial charge in [0.25, 0.3) is 5.91 Å². The smallest absolute Gasteiger partial charge is 0.294 e. The van der Waals surface area contributed by atoms with Gasteiger partial charge in [-0.25, -0.2) is 0 Å². The Balaban J connectivity index is 1.46. The van der Waals surface area contributed by atoms with Crippen LogP contribution in [-0.4, -0.2) is 48.3 Å². The van der Waals surface area contributed by atoms with Crippen molar-refractivity contribution in [2.24, 2.45) is 11.7 Å². The molecule has 5 rings (SSSR count). The monoisotopic (exact) mass is 500 g/mol. The van der Waals surface area contributed by atoms with Gasteiger partial charge >= 0.3 is 0 Å². The number of primary amides is 1. The average Bonchev–Trinajstić information content (AvgIpc) is 3.45. The van der Waals surface area contributed by atoms with Crippen LogP contribution >= 0.6 is 0 Å². The summed E-state index contributed by atoms with van der Waals surface area (Å²) in [5.74, 6) is -0.311. The molecule has 0 unspecified atom stereocenters. The summed E-state index contributed by atoms with van der Waals surface area (Å²) in [6.45, 7) is 3.57. The van der Waals surface area contributed by atoms with E-state index in [1.807, 2.05) is 66.4 Å². The first-order valence-corrected chi connectivity index (χ1v) is 12.8. The van der Waals surface area contributed by atoms with Crippen LogP contribution in [0.1, 0.15) is 48.3 Å². The number of fused-ring (bicyclic) bond motifs is 1. The number of nitrogens with two attached hydrogens (primary N) is 1. The SMILES string of the molecule is C[C@H]1C[C@@H](N(C(=O)CN2CCC(C(N)=O)CC2)c2ccccc2)c2ccccc2N1C(=O)c1ccco1. The van der Waals surface area contributed by atoms with Gasteiger partial charge in [-0.15, -0.1) is 0 Å². The Morgan fingerprint density at radius 2 is 1.68 bits per heavy atom. The first-order valence-electron chi connectivity index (χ1n) is 12.8. The van der Waals surface area contributed by atoms with E-state index in [1.165, 1.54) is 6.26 Å². The molecule has 1 saturated heterocycles. The molecule has 1 aromatic heterocycles. The summed E-state index contributed by atoms with van der Waals surface area (Å²) in [4.78, 5) is 44.6. The normalized spacial score (nSPS) is 20.3. The van der Waals surface area contributed by atoms with E-state index in [4.69, 9.17) is 10.2 Å². The minimum atomic E-state index is -0.265. The van der Waals surface area contributed by atoms with Crippen molar-refractivity contribution in [1.29, 1.82) is 0 Å². The fourth-order valence-corrected chi connectivity index (χ4v) is 5.58. The fraction of sp³-hybridized carbons (Fsp3) is 0.345. The van der Waals surface area contributed by atoms with Gasteiger partial charge < -0.3 is 20.0 Å². The second-order valence-electron chi connectivity index (χ2n) is 9.86. The zero-order valence-electron chi connectivity index (χ0n) is 21.0. The van der Waals surface area contributed by atoms with E-state index in [-0.39, 0.29) is 48.0 Å². The van der Waals surface area contributed by atoms with Crippen LogP contribution in [-0.2, 0) is 9.59 Å². The maximum atomic E-state index is 13.9. The molecule has 0 radical (unpaired) electrons. The number of amides is 3. The van der Waals surface area contributed by atoms with Crippen LogP contribution in [0.5, 0.6) is 0 Å². The number of hydrogen-bond acceptors (Lipinski definition) is 5. The van der Waals surface area contributed by atoms with Gasteiger partial charge in [-0.3, -0.25) is 19.3 Å². The lowest BCUT2D eigenvalue weighted by molar-refractivity contribution is -0.123. The predicted octanol–water partition coefficient (Wildman–Crippen LogP) is 3.99. The summed E-state index contributed by atoms with van der Waals surface area (Å²) in [7, 11) is 0. The molecule has 2 aliphatic rings. The van der Waals surface area contributed by atoms with E-state index in [0.717, 1.165) is 16.9 Å². The van der Waals surface area contributed by atoms with Crippen LogP contribution in [0.3, 0.4) is 0 Å². The van der Waals surface area contributed by atoms with Crippen molar-refractivity contribution in [1.82, 2.24) is 4.90 Å². The summed E-state index contributed by atoms with van der Waals surface area (Å²) in [5, 5.41) is 0. The number of likely N-dealkylation sites (tertiary alicyclic amines) is 1. The number of piperidine rings is 1. The lowest BCUT2D eigenvalue weighted by Crippen LogP contribution is -2.50. The molecule has 3 heterocycles. The molecule has 0 spiro atoms. The van der Waals surface area contributed by atoms with E-state index in [0.29, 0.717) is 32.4 Å². The second-order valence-corrected chi connectivity index (χ2v) is 9.86. The van der Waals surface area contributed by atoms with E-state index in [9.17, 15) is 14.4 Å². The number of carbonyl (C=O) groups is 3. The van der Waals surface area contributed by atoms with E-state index >= 15 is 0 Å². The summed E-state index contributed by atoms with van der Waals surface area (Å²) in [5.41, 5.74) is 8.01. The molecule has 2 aliphatic heterocycles. The standard InChI is InChI=1S/C29H32N4O4/c1-20-18-25(23-10-5-6-11-24(23)32(20)29(36)26-12-7-17-37-26)33(22-8-3-2-4-9-22)27(34)19-31-15-13-21(14-16-31)28(30)35/h2-12,17,20-21,25H,13-16,18-19H2,1H3,(H2,30,35)/t20-,25+/m0/s1. The quantitative estimate of drug-likeness (QED) is 0.552. The number of carbonyl (C=O) groups excluding carboxylic acids is 3. The Labute approximate surface area is 216 Å². The minimum Gasteiger partial charge on any atom is -0.459 e. The third-order valence-electron chi connectivity index (χ3n) is 7.47. The molecule has 0 bridgehead atoms. The lowest BCUT2D eigenvalue weighted by atomic mass is 9.89. The highest BCUT2D eigenvalue weighted by atomic mass is 16.3. The predicted molar refractivity (Wildman–Crippen MR) is 141 cm³/mol. The largest absolute Gasteiger partial charge is 0.459 e. The molecule has 1 fully saturated rings. The van der Waals surface area contributed by atoms with Crippen molar-refractivity contribution in [2.45, 2.75) is 38.3 Å². The van der Waals surface area contributed by atoms with Gasteiger partial charge in [-0.05, 0) is 75.2 Å². The topological polar surface area (TPSA) is 100 Å². The second kappa shape index (κ2) is 10.6. The summed E-state index contributed by atoms with van der Waals surface area (Å²) in [6.07, 6.45) is 3.41. The highest BCUT2D eigenvalue weighted by Gasteiger charge is 2.39. The van der Waals surface area contributed by atoms with Gasteiger partial charge in [0, 0.05) is 23.3 Å². The third-order valence-corrected chi connectivity index (χ3v) is 7.47. The van der Waals surface area contributed by atoms with E-state index < -0.39 is 0 Å². The van der Waals surface area contributed by atoms with Crippen LogP contribution in [0.4, 0.5) is 11.4 Å². The van der Waals surface area contributed by atoms with Crippen molar-refractivity contribution in [2.75, 3.05) is 29.4 Å². The van der Waals surface area contributed by atoms with Gasteiger partial charge in [0.05, 0.1) is 18.8 Å². The molecular formula is C29H32N4O4. The maximum Gasteiger partial charge on any atom is 0.294 e. The Kier molecular flexibility index (Phi) is 7.10. The Morgan fingerprint density at radius 1 is 0.973 bits per heavy atom. The van der Waals surface area contributed by atoms with Gasteiger partial charge in [-0.2, -0.15) is 0 Å². The number of anilines is 2. The van der Waals surface area contributed by atoms with Crippen molar-refractivity contribution in [3.05, 3.63) is 84.3 Å². The number of furan rings is 1. The highest BCUT2D eigenvalue weighted by Crippen LogP contribution is 2.42. The number of benzene rings is 2. The molecule has 2 atom stereocenters. The molecule has 0 aliphatic carbocycles. The number of hydrogen-bond donors (Lipinski definition) is 1. The maximum absolute atomic E-state index is 13.9. The third kappa shape index (κ3) is 5.02. The zero-order valence-corrected chi connectivity index (χ0v) is 21.0. The number of rotatable bonds is 6. The summed E-state index contributed by atoms with van der Waals surface area (Å²) < 4.78 is 5.41. The minimum absolute atomic E-state index is 0.0125. The average molecular weight is 501 g/mol. The van der Waals surface area contributed by atoms with Gasteiger partial charge in [0.1, 0.15) is 0 Å². The first kappa shape index (κ1) is 24.8. The van der Waals surface area contributed by atoms with Crippen LogP contribution in [0.2, 0.25) is 0 Å². The molecular weight excluding hydrogens is 468 g/mol. The number of nitrogens with zero attached hydrogens (tertiary/aromatic N) is 3. The van der Waals surface area contributed by atoms with E-state index in [1.54, 1.807) is 17.0 Å². The Bertz CT molecular complexity index is 1250. The van der Waals surface area contributed by atoms with Gasteiger partial charge in [0.2, 0.25) is 11.8 Å². The Hall–Kier alpha value is -3.91.